The van der Waals surface area contributed by atoms with Gasteiger partial charge in [0.15, 0.2) is 5.16 Å². The predicted octanol–water partition coefficient (Wildman–Crippen LogP) is 5.05. The van der Waals surface area contributed by atoms with Crippen molar-refractivity contribution in [3.05, 3.63) is 40.3 Å². The van der Waals surface area contributed by atoms with Gasteiger partial charge in [0.1, 0.15) is 5.00 Å². The highest BCUT2D eigenvalue weighted by atomic mass is 32.2. The summed E-state index contributed by atoms with van der Waals surface area (Å²) in [6.07, 6.45) is 2.62. The van der Waals surface area contributed by atoms with E-state index in [2.05, 4.69) is 22.2 Å². The largest absolute Gasteiger partial charge is 0.459 e. The number of benzene rings is 1. The summed E-state index contributed by atoms with van der Waals surface area (Å²) in [5.41, 5.74) is 3.40. The number of ether oxygens (including phenoxy) is 1. The Morgan fingerprint density at radius 1 is 1.37 bits per heavy atom. The fourth-order valence-electron chi connectivity index (χ4n) is 3.62. The molecule has 1 aliphatic carbocycles. The quantitative estimate of drug-likeness (QED) is 0.412. The van der Waals surface area contributed by atoms with Gasteiger partial charge in [-0.05, 0) is 56.7 Å². The number of carbonyl (C=O) groups excluding carboxylic acids is 2. The van der Waals surface area contributed by atoms with Crippen LogP contribution in [0.5, 0.6) is 0 Å². The number of rotatable bonds is 6. The van der Waals surface area contributed by atoms with Crippen molar-refractivity contribution in [2.45, 2.75) is 51.3 Å². The van der Waals surface area contributed by atoms with Gasteiger partial charge in [-0.3, -0.25) is 4.79 Å². The van der Waals surface area contributed by atoms with Crippen molar-refractivity contribution in [3.63, 3.8) is 0 Å². The van der Waals surface area contributed by atoms with E-state index < -0.39 is 0 Å². The molecule has 2 heterocycles. The van der Waals surface area contributed by atoms with E-state index in [1.54, 1.807) is 0 Å². The predicted molar refractivity (Wildman–Crippen MR) is 122 cm³/mol. The van der Waals surface area contributed by atoms with Crippen molar-refractivity contribution >= 4 is 51.0 Å². The molecule has 0 radical (unpaired) electrons. The second-order valence-electron chi connectivity index (χ2n) is 7.91. The highest BCUT2D eigenvalue weighted by Gasteiger charge is 2.29. The Kier molecular flexibility index (Phi) is 6.15. The first-order valence-corrected chi connectivity index (χ1v) is 11.9. The standard InChI is InChI=1S/C22H25N3O3S2/c1-12(2)28-21(27)19-14-9-8-13(3)10-17(14)30-20(19)25-18(26)11-29-22-23-15-6-4-5-7-16(15)24-22/h4-7,12-13H,8-11H2,1-3H3,(H,23,24)(H,25,26). The number of aromatic amines is 1. The van der Waals surface area contributed by atoms with Crippen LogP contribution in [-0.4, -0.2) is 33.7 Å². The molecule has 1 aliphatic rings. The monoisotopic (exact) mass is 443 g/mol. The van der Waals surface area contributed by atoms with Gasteiger partial charge in [0.05, 0.1) is 28.5 Å². The smallest absolute Gasteiger partial charge is 0.341 e. The van der Waals surface area contributed by atoms with Crippen LogP contribution in [0, 0.1) is 5.92 Å². The highest BCUT2D eigenvalue weighted by Crippen LogP contribution is 2.40. The van der Waals surface area contributed by atoms with Crippen LogP contribution in [0.1, 0.15) is 48.0 Å². The van der Waals surface area contributed by atoms with Crippen LogP contribution in [-0.2, 0) is 22.4 Å². The van der Waals surface area contributed by atoms with Gasteiger partial charge in [0.25, 0.3) is 0 Å². The summed E-state index contributed by atoms with van der Waals surface area (Å²) in [5.74, 6) is 0.276. The summed E-state index contributed by atoms with van der Waals surface area (Å²) in [4.78, 5) is 34.3. The van der Waals surface area contributed by atoms with Gasteiger partial charge in [-0.25, -0.2) is 9.78 Å². The lowest BCUT2D eigenvalue weighted by atomic mass is 9.88. The van der Waals surface area contributed by atoms with Crippen LogP contribution in [0.25, 0.3) is 11.0 Å². The number of esters is 1. The van der Waals surface area contributed by atoms with Gasteiger partial charge < -0.3 is 15.0 Å². The second-order valence-corrected chi connectivity index (χ2v) is 9.98. The maximum Gasteiger partial charge on any atom is 0.341 e. The average molecular weight is 444 g/mol. The molecule has 2 aromatic heterocycles. The van der Waals surface area contributed by atoms with Crippen LogP contribution in [0.4, 0.5) is 5.00 Å². The molecule has 1 unspecified atom stereocenters. The van der Waals surface area contributed by atoms with Gasteiger partial charge in [-0.15, -0.1) is 11.3 Å². The molecule has 0 spiro atoms. The number of para-hydroxylation sites is 2. The molecule has 0 saturated carbocycles. The van der Waals surface area contributed by atoms with E-state index in [1.807, 2.05) is 38.1 Å². The number of nitrogens with zero attached hydrogens (tertiary/aromatic N) is 1. The van der Waals surface area contributed by atoms with Crippen molar-refractivity contribution in [1.82, 2.24) is 9.97 Å². The van der Waals surface area contributed by atoms with Crippen LogP contribution in [0.2, 0.25) is 0 Å². The van der Waals surface area contributed by atoms with Crippen LogP contribution < -0.4 is 5.32 Å². The first-order valence-electron chi connectivity index (χ1n) is 10.1. The van der Waals surface area contributed by atoms with Crippen LogP contribution >= 0.6 is 23.1 Å². The molecule has 1 amide bonds. The summed E-state index contributed by atoms with van der Waals surface area (Å²) in [5, 5.41) is 4.26. The molecule has 1 aromatic carbocycles. The number of fused-ring (bicyclic) bond motifs is 2. The van der Waals surface area contributed by atoms with Crippen LogP contribution in [0.15, 0.2) is 29.4 Å². The molecular weight excluding hydrogens is 418 g/mol. The lowest BCUT2D eigenvalue weighted by molar-refractivity contribution is -0.113. The molecule has 158 valence electrons. The van der Waals surface area contributed by atoms with E-state index in [0.717, 1.165) is 35.9 Å². The van der Waals surface area contributed by atoms with Crippen molar-refractivity contribution < 1.29 is 14.3 Å². The first kappa shape index (κ1) is 20.9. The number of hydrogen-bond acceptors (Lipinski definition) is 6. The molecule has 1 atom stereocenters. The third kappa shape index (κ3) is 4.54. The maximum atomic E-state index is 12.8. The number of thioether (sulfide) groups is 1. The Morgan fingerprint density at radius 2 is 2.17 bits per heavy atom. The van der Waals surface area contributed by atoms with E-state index in [-0.39, 0.29) is 23.7 Å². The normalized spacial score (nSPS) is 15.9. The van der Waals surface area contributed by atoms with E-state index in [9.17, 15) is 9.59 Å². The third-order valence-electron chi connectivity index (χ3n) is 5.02. The Morgan fingerprint density at radius 3 is 2.93 bits per heavy atom. The number of anilines is 1. The molecule has 30 heavy (non-hydrogen) atoms. The minimum absolute atomic E-state index is 0.161. The number of hydrogen-bond donors (Lipinski definition) is 2. The third-order valence-corrected chi connectivity index (χ3v) is 7.06. The van der Waals surface area contributed by atoms with Gasteiger partial charge in [-0.2, -0.15) is 0 Å². The van der Waals surface area contributed by atoms with Gasteiger partial charge in [-0.1, -0.05) is 30.8 Å². The van der Waals surface area contributed by atoms with Crippen molar-refractivity contribution in [2.75, 3.05) is 11.1 Å². The minimum atomic E-state index is -0.350. The number of nitrogens with one attached hydrogen (secondary N) is 2. The lowest BCUT2D eigenvalue weighted by Gasteiger charge is -2.18. The van der Waals surface area contributed by atoms with Crippen molar-refractivity contribution in [2.24, 2.45) is 5.92 Å². The molecule has 6 nitrogen and oxygen atoms in total. The van der Waals surface area contributed by atoms with Gasteiger partial charge in [0.2, 0.25) is 5.91 Å². The molecule has 8 heteroatoms. The summed E-state index contributed by atoms with van der Waals surface area (Å²) in [6.45, 7) is 5.89. The molecule has 0 bridgehead atoms. The zero-order valence-electron chi connectivity index (χ0n) is 17.3. The summed E-state index contributed by atoms with van der Waals surface area (Å²) < 4.78 is 5.47. The first-order chi connectivity index (χ1) is 14.4. The van der Waals surface area contributed by atoms with Crippen molar-refractivity contribution in [1.29, 1.82) is 0 Å². The van der Waals surface area contributed by atoms with E-state index >= 15 is 0 Å². The lowest BCUT2D eigenvalue weighted by Crippen LogP contribution is -2.19. The Balaban J connectivity index is 1.49. The molecule has 3 aromatic rings. The summed E-state index contributed by atoms with van der Waals surface area (Å²) in [6, 6.07) is 7.76. The molecule has 0 fully saturated rings. The van der Waals surface area contributed by atoms with E-state index in [1.165, 1.54) is 28.0 Å². The van der Waals surface area contributed by atoms with E-state index in [0.29, 0.717) is 21.6 Å². The average Bonchev–Trinajstić information content (AvgIpc) is 3.25. The van der Waals surface area contributed by atoms with Gasteiger partial charge in [0, 0.05) is 4.88 Å². The minimum Gasteiger partial charge on any atom is -0.459 e. The summed E-state index contributed by atoms with van der Waals surface area (Å²) >= 11 is 2.85. The molecule has 2 N–H and O–H groups in total. The highest BCUT2D eigenvalue weighted by molar-refractivity contribution is 7.99. The SMILES string of the molecule is CC1CCc2c(sc(NC(=O)CSc3nc4ccccc4[nH]3)c2C(=O)OC(C)C)C1. The van der Waals surface area contributed by atoms with Crippen LogP contribution in [0.3, 0.4) is 0 Å². The summed E-state index contributed by atoms with van der Waals surface area (Å²) in [7, 11) is 0. The second kappa shape index (κ2) is 8.81. The number of imidazole rings is 1. The number of H-pyrrole nitrogens is 1. The fourth-order valence-corrected chi connectivity index (χ4v) is 5.72. The maximum absolute atomic E-state index is 12.8. The number of amides is 1. The topological polar surface area (TPSA) is 84.1 Å². The number of carbonyl (C=O) groups is 2. The van der Waals surface area contributed by atoms with Crippen molar-refractivity contribution in [3.8, 4) is 0 Å². The van der Waals surface area contributed by atoms with E-state index in [4.69, 9.17) is 4.74 Å². The zero-order chi connectivity index (χ0) is 21.3. The Labute approximate surface area is 183 Å². The molecule has 4 rings (SSSR count). The Bertz CT molecular complexity index is 1050. The number of thiophene rings is 1. The Hall–Kier alpha value is -2.32. The zero-order valence-corrected chi connectivity index (χ0v) is 18.9. The molecular formula is C22H25N3O3S2. The molecule has 0 aliphatic heterocycles. The number of aromatic nitrogens is 2. The fraction of sp³-hybridized carbons (Fsp3) is 0.409. The van der Waals surface area contributed by atoms with Gasteiger partial charge >= 0.3 is 5.97 Å². The molecule has 0 saturated heterocycles.